The van der Waals surface area contributed by atoms with Gasteiger partial charge in [0.15, 0.2) is 0 Å². The number of carbonyl (C=O) groups excluding carboxylic acids is 1. The Morgan fingerprint density at radius 1 is 1.56 bits per heavy atom. The quantitative estimate of drug-likeness (QED) is 0.890. The Labute approximate surface area is 120 Å². The van der Waals surface area contributed by atoms with Crippen LogP contribution in [0.25, 0.3) is 0 Å². The van der Waals surface area contributed by atoms with Gasteiger partial charge in [-0.15, -0.1) is 12.4 Å². The number of benzene rings is 1. The summed E-state index contributed by atoms with van der Waals surface area (Å²) < 4.78 is 13.7. The van der Waals surface area contributed by atoms with E-state index < -0.39 is 0 Å². The standard InChI is InChI=1S/C12H14BrFN2O.ClH/c1-7(8-5-15-6-8)12(17)16-9-2-3-10(13)11(14)4-9;/h2-4,7-8,15H,5-6H2,1H3,(H,16,17);1H. The maximum atomic E-state index is 13.3. The summed E-state index contributed by atoms with van der Waals surface area (Å²) in [5.74, 6) is -0.0998. The van der Waals surface area contributed by atoms with Crippen molar-refractivity contribution in [2.75, 3.05) is 18.4 Å². The molecule has 6 heteroatoms. The van der Waals surface area contributed by atoms with Crippen molar-refractivity contribution < 1.29 is 9.18 Å². The van der Waals surface area contributed by atoms with Crippen molar-refractivity contribution in [1.82, 2.24) is 5.32 Å². The minimum Gasteiger partial charge on any atom is -0.326 e. The van der Waals surface area contributed by atoms with E-state index in [1.807, 2.05) is 6.92 Å². The Balaban J connectivity index is 0.00000162. The number of nitrogens with one attached hydrogen (secondary N) is 2. The molecule has 0 saturated carbocycles. The number of amides is 1. The molecule has 1 aliphatic rings. The predicted octanol–water partition coefficient (Wildman–Crippen LogP) is 2.80. The van der Waals surface area contributed by atoms with E-state index in [1.54, 1.807) is 12.1 Å². The SMILES string of the molecule is CC(C(=O)Nc1ccc(Br)c(F)c1)C1CNC1.Cl. The Kier molecular flexibility index (Phi) is 5.56. The van der Waals surface area contributed by atoms with Crippen molar-refractivity contribution in [2.24, 2.45) is 11.8 Å². The monoisotopic (exact) mass is 336 g/mol. The van der Waals surface area contributed by atoms with E-state index in [1.165, 1.54) is 6.07 Å². The number of hydrogen-bond donors (Lipinski definition) is 2. The van der Waals surface area contributed by atoms with Crippen LogP contribution in [0.3, 0.4) is 0 Å². The summed E-state index contributed by atoms with van der Waals surface area (Å²) >= 11 is 3.07. The van der Waals surface area contributed by atoms with Crippen molar-refractivity contribution in [3.05, 3.63) is 28.5 Å². The van der Waals surface area contributed by atoms with E-state index in [4.69, 9.17) is 0 Å². The first kappa shape index (κ1) is 15.4. The van der Waals surface area contributed by atoms with Crippen LogP contribution in [0.5, 0.6) is 0 Å². The second kappa shape index (κ2) is 6.50. The third-order valence-corrected chi connectivity index (χ3v) is 3.76. The smallest absolute Gasteiger partial charge is 0.227 e. The van der Waals surface area contributed by atoms with Gasteiger partial charge in [-0.1, -0.05) is 6.92 Å². The molecular weight excluding hydrogens is 322 g/mol. The molecule has 1 aliphatic heterocycles. The summed E-state index contributed by atoms with van der Waals surface area (Å²) in [5.41, 5.74) is 0.495. The van der Waals surface area contributed by atoms with Crippen LogP contribution in [-0.4, -0.2) is 19.0 Å². The Hall–Kier alpha value is -0.650. The van der Waals surface area contributed by atoms with Gasteiger partial charge < -0.3 is 10.6 Å². The highest BCUT2D eigenvalue weighted by Gasteiger charge is 2.28. The van der Waals surface area contributed by atoms with Crippen LogP contribution in [0.1, 0.15) is 6.92 Å². The first-order valence-corrected chi connectivity index (χ1v) is 6.34. The van der Waals surface area contributed by atoms with Crippen LogP contribution in [0.4, 0.5) is 10.1 Å². The molecule has 1 aromatic carbocycles. The van der Waals surface area contributed by atoms with Gasteiger partial charge in [-0.05, 0) is 53.1 Å². The fraction of sp³-hybridized carbons (Fsp3) is 0.417. The van der Waals surface area contributed by atoms with Gasteiger partial charge in [0, 0.05) is 11.6 Å². The number of anilines is 1. The molecule has 1 aromatic rings. The lowest BCUT2D eigenvalue weighted by atomic mass is 9.88. The number of halogens is 3. The van der Waals surface area contributed by atoms with Crippen LogP contribution in [-0.2, 0) is 4.79 Å². The lowest BCUT2D eigenvalue weighted by Gasteiger charge is -2.31. The summed E-state index contributed by atoms with van der Waals surface area (Å²) in [6, 6.07) is 4.57. The fourth-order valence-corrected chi connectivity index (χ4v) is 1.96. The molecule has 0 bridgehead atoms. The molecule has 1 saturated heterocycles. The van der Waals surface area contributed by atoms with Gasteiger partial charge >= 0.3 is 0 Å². The van der Waals surface area contributed by atoms with Gasteiger partial charge in [0.1, 0.15) is 5.82 Å². The maximum Gasteiger partial charge on any atom is 0.227 e. The summed E-state index contributed by atoms with van der Waals surface area (Å²) in [6.45, 7) is 3.66. The van der Waals surface area contributed by atoms with Crippen molar-refractivity contribution in [3.8, 4) is 0 Å². The minimum atomic E-state index is -0.374. The van der Waals surface area contributed by atoms with Crippen LogP contribution < -0.4 is 10.6 Å². The first-order valence-electron chi connectivity index (χ1n) is 5.54. The van der Waals surface area contributed by atoms with Gasteiger partial charge in [0.25, 0.3) is 0 Å². The zero-order valence-electron chi connectivity index (χ0n) is 9.87. The van der Waals surface area contributed by atoms with E-state index in [0.717, 1.165) is 13.1 Å². The molecule has 0 aliphatic carbocycles. The molecule has 1 atom stereocenters. The zero-order chi connectivity index (χ0) is 12.4. The molecule has 0 radical (unpaired) electrons. The van der Waals surface area contributed by atoms with E-state index in [0.29, 0.717) is 16.1 Å². The summed E-state index contributed by atoms with van der Waals surface area (Å²) in [7, 11) is 0. The van der Waals surface area contributed by atoms with Gasteiger partial charge in [-0.3, -0.25) is 4.79 Å². The molecular formula is C12H15BrClFN2O. The second-order valence-electron chi connectivity index (χ2n) is 4.33. The molecule has 100 valence electrons. The van der Waals surface area contributed by atoms with Crippen molar-refractivity contribution in [2.45, 2.75) is 6.92 Å². The average Bonchev–Trinajstić information content (AvgIpc) is 2.21. The van der Waals surface area contributed by atoms with Crippen molar-refractivity contribution >= 4 is 39.9 Å². The Bertz CT molecular complexity index is 440. The topological polar surface area (TPSA) is 41.1 Å². The summed E-state index contributed by atoms with van der Waals surface area (Å²) in [5, 5.41) is 5.86. The normalized spacial score (nSPS) is 16.4. The lowest BCUT2D eigenvalue weighted by Crippen LogP contribution is -2.48. The van der Waals surface area contributed by atoms with Crippen molar-refractivity contribution in [1.29, 1.82) is 0 Å². The molecule has 1 fully saturated rings. The highest BCUT2D eigenvalue weighted by Crippen LogP contribution is 2.21. The largest absolute Gasteiger partial charge is 0.326 e. The molecule has 2 rings (SSSR count). The maximum absolute atomic E-state index is 13.3. The fourth-order valence-electron chi connectivity index (χ4n) is 1.71. The van der Waals surface area contributed by atoms with Gasteiger partial charge in [0.2, 0.25) is 5.91 Å². The van der Waals surface area contributed by atoms with Gasteiger partial charge in [-0.2, -0.15) is 0 Å². The van der Waals surface area contributed by atoms with Gasteiger partial charge in [-0.25, -0.2) is 4.39 Å². The van der Waals surface area contributed by atoms with Crippen molar-refractivity contribution in [3.63, 3.8) is 0 Å². The van der Waals surface area contributed by atoms with Crippen LogP contribution in [0.2, 0.25) is 0 Å². The lowest BCUT2D eigenvalue weighted by molar-refractivity contribution is -0.121. The molecule has 1 amide bonds. The highest BCUT2D eigenvalue weighted by atomic mass is 79.9. The van der Waals surface area contributed by atoms with Crippen LogP contribution in [0, 0.1) is 17.7 Å². The third kappa shape index (κ3) is 3.43. The molecule has 0 spiro atoms. The van der Waals surface area contributed by atoms with E-state index >= 15 is 0 Å². The molecule has 1 unspecified atom stereocenters. The molecule has 0 aromatic heterocycles. The minimum absolute atomic E-state index is 0. The first-order chi connectivity index (χ1) is 8.08. The molecule has 3 nitrogen and oxygen atoms in total. The third-order valence-electron chi connectivity index (χ3n) is 3.12. The average molecular weight is 338 g/mol. The highest BCUT2D eigenvalue weighted by molar-refractivity contribution is 9.10. The van der Waals surface area contributed by atoms with Crippen LogP contribution in [0.15, 0.2) is 22.7 Å². The molecule has 18 heavy (non-hydrogen) atoms. The summed E-state index contributed by atoms with van der Waals surface area (Å²) in [4.78, 5) is 11.9. The molecule has 2 N–H and O–H groups in total. The van der Waals surface area contributed by atoms with Gasteiger partial charge in [0.05, 0.1) is 4.47 Å². The molecule has 1 heterocycles. The van der Waals surface area contributed by atoms with E-state index in [2.05, 4.69) is 26.6 Å². The Morgan fingerprint density at radius 3 is 2.72 bits per heavy atom. The zero-order valence-corrected chi connectivity index (χ0v) is 12.3. The van der Waals surface area contributed by atoms with E-state index in [-0.39, 0.29) is 30.0 Å². The number of hydrogen-bond acceptors (Lipinski definition) is 2. The predicted molar refractivity (Wildman–Crippen MR) is 75.5 cm³/mol. The summed E-state index contributed by atoms with van der Waals surface area (Å²) in [6.07, 6.45) is 0. The number of rotatable bonds is 3. The van der Waals surface area contributed by atoms with Crippen LogP contribution >= 0.6 is 28.3 Å². The van der Waals surface area contributed by atoms with E-state index in [9.17, 15) is 9.18 Å². The second-order valence-corrected chi connectivity index (χ2v) is 5.18. The Morgan fingerprint density at radius 2 is 2.22 bits per heavy atom. The number of carbonyl (C=O) groups is 1.